The maximum Gasteiger partial charge on any atom is 0.408 e. The van der Waals surface area contributed by atoms with Gasteiger partial charge >= 0.3 is 6.09 Å². The first-order chi connectivity index (χ1) is 25.2. The van der Waals surface area contributed by atoms with Gasteiger partial charge in [-0.1, -0.05) is 55.0 Å². The van der Waals surface area contributed by atoms with Crippen LogP contribution in [0.15, 0.2) is 66.2 Å². The van der Waals surface area contributed by atoms with Gasteiger partial charge in [0.1, 0.15) is 17.9 Å². The van der Waals surface area contributed by atoms with Crippen molar-refractivity contribution >= 4 is 30.5 Å². The van der Waals surface area contributed by atoms with Crippen LogP contribution in [0.1, 0.15) is 98.1 Å². The number of anilines is 1. The molecule has 2 aliphatic carbocycles. The van der Waals surface area contributed by atoms with E-state index in [-0.39, 0.29) is 18.1 Å². The minimum absolute atomic E-state index is 0.0851. The van der Waals surface area contributed by atoms with Crippen molar-refractivity contribution < 1.29 is 28.7 Å². The van der Waals surface area contributed by atoms with E-state index in [4.69, 9.17) is 15.3 Å². The molecule has 0 bridgehead atoms. The van der Waals surface area contributed by atoms with Crippen LogP contribution in [0.5, 0.6) is 0 Å². The Balaban J connectivity index is 0.000000282. The molecule has 3 unspecified atom stereocenters. The van der Waals surface area contributed by atoms with E-state index >= 15 is 0 Å². The number of ether oxygens (including phenoxy) is 2. The van der Waals surface area contributed by atoms with Crippen molar-refractivity contribution in [3.63, 3.8) is 0 Å². The van der Waals surface area contributed by atoms with Crippen LogP contribution in [0.2, 0.25) is 0 Å². The van der Waals surface area contributed by atoms with E-state index < -0.39 is 23.3 Å². The number of hydrogen-bond donors (Lipinski definition) is 4. The van der Waals surface area contributed by atoms with Crippen LogP contribution in [0.3, 0.4) is 0 Å². The molecule has 1 fully saturated rings. The Bertz CT molecular complexity index is 1520. The third kappa shape index (κ3) is 14.5. The van der Waals surface area contributed by atoms with Gasteiger partial charge < -0.3 is 34.4 Å². The highest BCUT2D eigenvalue weighted by molar-refractivity contribution is 5.93. The monoisotopic (exact) mass is 735 g/mol. The molecule has 13 heteroatoms. The molecule has 13 nitrogen and oxygen atoms in total. The fourth-order valence-electron chi connectivity index (χ4n) is 6.32. The summed E-state index contributed by atoms with van der Waals surface area (Å²) in [5, 5.41) is 5.34. The molecule has 1 aromatic carbocycles. The number of nitrogens with zero attached hydrogens (tertiary/aromatic N) is 3. The molecule has 1 saturated heterocycles. The lowest BCUT2D eigenvalue weighted by Gasteiger charge is -2.26. The second-order valence-electron chi connectivity index (χ2n) is 15.5. The topological polar surface area (TPSA) is 170 Å². The molecule has 2 aromatic rings. The molecular formula is C40H61N7O6. The number of imidazole rings is 1. The first-order valence-corrected chi connectivity index (χ1v) is 18.6. The predicted octanol–water partition coefficient (Wildman–Crippen LogP) is 5.65. The highest BCUT2D eigenvalue weighted by Crippen LogP contribution is 2.42. The van der Waals surface area contributed by atoms with Crippen LogP contribution in [-0.4, -0.2) is 82.6 Å². The van der Waals surface area contributed by atoms with E-state index in [1.807, 2.05) is 33.9 Å². The highest BCUT2D eigenvalue weighted by Gasteiger charge is 2.35. The largest absolute Gasteiger partial charge is 0.444 e. The molecule has 3 atom stereocenters. The number of nitrogens with two attached hydrogens (primary N) is 1. The smallest absolute Gasteiger partial charge is 0.408 e. The van der Waals surface area contributed by atoms with Gasteiger partial charge in [0.05, 0.1) is 24.0 Å². The number of amides is 3. The number of carbonyl (C=O) groups is 4. The number of aryl methyl sites for hydroxylation is 1. The number of hydrogen-bond acceptors (Lipinski definition) is 9. The van der Waals surface area contributed by atoms with E-state index in [2.05, 4.69) is 52.3 Å². The highest BCUT2D eigenvalue weighted by atomic mass is 16.6. The lowest BCUT2D eigenvalue weighted by molar-refractivity contribution is -0.119. The number of methoxy groups -OCH3 is 1. The van der Waals surface area contributed by atoms with Gasteiger partial charge in [-0.2, -0.15) is 0 Å². The van der Waals surface area contributed by atoms with Gasteiger partial charge in [0.15, 0.2) is 5.82 Å². The van der Waals surface area contributed by atoms with Crippen molar-refractivity contribution in [1.29, 1.82) is 0 Å². The zero-order valence-electron chi connectivity index (χ0n) is 32.6. The van der Waals surface area contributed by atoms with Crippen molar-refractivity contribution in [3.8, 4) is 0 Å². The maximum absolute atomic E-state index is 12.7. The number of nitrogens with one attached hydrogen (secondary N) is 3. The molecule has 3 amide bonds. The molecule has 0 spiro atoms. The molecule has 3 aliphatic rings. The fourth-order valence-corrected chi connectivity index (χ4v) is 6.32. The molecule has 0 saturated carbocycles. The average molecular weight is 736 g/mol. The number of piperidine rings is 1. The summed E-state index contributed by atoms with van der Waals surface area (Å²) in [6.07, 6.45) is 17.1. The number of aromatic nitrogens is 2. The van der Waals surface area contributed by atoms with Crippen molar-refractivity contribution in [3.05, 3.63) is 71.7 Å². The first kappa shape index (κ1) is 43.1. The number of benzene rings is 1. The van der Waals surface area contributed by atoms with E-state index in [1.165, 1.54) is 29.6 Å². The Labute approximate surface area is 315 Å². The van der Waals surface area contributed by atoms with E-state index in [0.29, 0.717) is 18.5 Å². The Morgan fingerprint density at radius 2 is 1.79 bits per heavy atom. The molecule has 292 valence electrons. The van der Waals surface area contributed by atoms with Gasteiger partial charge in [0.2, 0.25) is 12.3 Å². The summed E-state index contributed by atoms with van der Waals surface area (Å²) in [6, 6.07) is 9.86. The van der Waals surface area contributed by atoms with Crippen LogP contribution in [0, 0.1) is 5.92 Å². The van der Waals surface area contributed by atoms with E-state index in [9.17, 15) is 19.2 Å². The molecule has 53 heavy (non-hydrogen) atoms. The number of allylic oxidation sites excluding steroid dienone is 2. The summed E-state index contributed by atoms with van der Waals surface area (Å²) >= 11 is 0. The number of carbonyl (C=O) groups excluding carboxylic acids is 4. The zero-order valence-corrected chi connectivity index (χ0v) is 32.6. The Morgan fingerprint density at radius 3 is 2.40 bits per heavy atom. The van der Waals surface area contributed by atoms with Crippen LogP contribution in [0.25, 0.3) is 0 Å². The Morgan fingerprint density at radius 1 is 1.09 bits per heavy atom. The third-order valence-electron chi connectivity index (χ3n) is 9.32. The van der Waals surface area contributed by atoms with Crippen molar-refractivity contribution in [1.82, 2.24) is 25.2 Å². The van der Waals surface area contributed by atoms with Crippen LogP contribution in [0.4, 0.5) is 10.6 Å². The molecule has 5 rings (SSSR count). The minimum atomic E-state index is -0.873. The third-order valence-corrected chi connectivity index (χ3v) is 9.32. The van der Waals surface area contributed by atoms with Crippen LogP contribution < -0.4 is 21.9 Å². The first-order valence-electron chi connectivity index (χ1n) is 18.6. The minimum Gasteiger partial charge on any atom is -0.444 e. The molecule has 1 aliphatic heterocycles. The van der Waals surface area contributed by atoms with Gasteiger partial charge in [-0.3, -0.25) is 15.4 Å². The van der Waals surface area contributed by atoms with Crippen LogP contribution in [-0.2, 0) is 30.3 Å². The second-order valence-corrected chi connectivity index (χ2v) is 15.5. The molecule has 1 aromatic heterocycles. The predicted molar refractivity (Wildman–Crippen MR) is 207 cm³/mol. The number of likely N-dealkylation sites (tertiary alicyclic amines) is 1. The molecule has 5 N–H and O–H groups in total. The standard InChI is InChI=1S/C24H31N5O2.C9H17NO3.C7H13NO/c1-31-21-14-18-11-5-6-12-19(18)23(21)29-15-22(26-16-29)27-24(30)20(28-25)13-7-10-17-8-3-2-4-9-17;1-8(2,3)13-7(12)10-9(4,5)6-11;1-7-2-4-8(6-9)5-3-7/h2-4,6,8-9,12,15-16,20-21,23,28H,5,7,10-11,13-14,25H2,1H3,(H,27,30);6H,1-5H3,(H,10,12);6-7H,2-5H2,1H3. The zero-order chi connectivity index (χ0) is 39.0. The number of aldehydes is 1. The summed E-state index contributed by atoms with van der Waals surface area (Å²) in [4.78, 5) is 50.8. The van der Waals surface area contributed by atoms with Gasteiger partial charge in [-0.15, -0.1) is 0 Å². The summed E-state index contributed by atoms with van der Waals surface area (Å²) in [5.41, 5.74) is 5.26. The number of rotatable bonds is 12. The average Bonchev–Trinajstić information content (AvgIpc) is 3.74. The Hall–Kier alpha value is -4.33. The lowest BCUT2D eigenvalue weighted by Crippen LogP contribution is -2.46. The molecule has 2 heterocycles. The number of alkyl carbamates (subject to hydrolysis) is 1. The van der Waals surface area contributed by atoms with Gasteiger partial charge in [-0.25, -0.2) is 15.2 Å². The van der Waals surface area contributed by atoms with E-state index in [1.54, 1.807) is 48.1 Å². The van der Waals surface area contributed by atoms with Gasteiger partial charge in [-0.05, 0) is 103 Å². The van der Waals surface area contributed by atoms with Crippen molar-refractivity contribution in [2.75, 3.05) is 25.5 Å². The van der Waals surface area contributed by atoms with Crippen molar-refractivity contribution in [2.24, 2.45) is 11.8 Å². The van der Waals surface area contributed by atoms with E-state index in [0.717, 1.165) is 57.5 Å². The number of hydrazine groups is 1. The Kier molecular flexibility index (Phi) is 16.9. The maximum atomic E-state index is 12.7. The quantitative estimate of drug-likeness (QED) is 0.122. The van der Waals surface area contributed by atoms with Gasteiger partial charge in [0, 0.05) is 26.4 Å². The normalized spacial score (nSPS) is 19.1. The summed E-state index contributed by atoms with van der Waals surface area (Å²) in [5.74, 6) is 6.83. The SMILES string of the molecule is CC(C)(C=O)NC(=O)OC(C)(C)C.CC1CCN(C=O)CC1.COC1CC2=C(C=CCC2)C1n1cnc(NC(=O)C(CCCc2ccccc2)NN)c1. The summed E-state index contributed by atoms with van der Waals surface area (Å²) in [6.45, 7) is 12.7. The van der Waals surface area contributed by atoms with Gasteiger partial charge in [0.25, 0.3) is 0 Å². The second kappa shape index (κ2) is 20.8. The summed E-state index contributed by atoms with van der Waals surface area (Å²) in [7, 11) is 1.76. The fraction of sp³-hybridized carbons (Fsp3) is 0.575. The molecule has 0 radical (unpaired) electrons. The van der Waals surface area contributed by atoms with Crippen LogP contribution >= 0.6 is 0 Å². The molecular weight excluding hydrogens is 674 g/mol. The lowest BCUT2D eigenvalue weighted by atomic mass is 9.99. The summed E-state index contributed by atoms with van der Waals surface area (Å²) < 4.78 is 12.8. The van der Waals surface area contributed by atoms with Crippen molar-refractivity contribution in [2.45, 2.75) is 122 Å².